The highest BCUT2D eigenvalue weighted by atomic mass is 32.2. The van der Waals surface area contributed by atoms with Gasteiger partial charge in [-0.15, -0.1) is 0 Å². The summed E-state index contributed by atoms with van der Waals surface area (Å²) in [6, 6.07) is 18.1. The summed E-state index contributed by atoms with van der Waals surface area (Å²) in [6.45, 7) is 9.85. The van der Waals surface area contributed by atoms with Crippen LogP contribution in [0.4, 0.5) is 10.1 Å². The van der Waals surface area contributed by atoms with Crippen LogP contribution in [0.25, 0.3) is 0 Å². The fraction of sp³-hybridized carbons (Fsp3) is 0.333. The van der Waals surface area contributed by atoms with E-state index in [2.05, 4.69) is 5.32 Å². The summed E-state index contributed by atoms with van der Waals surface area (Å²) in [7, 11) is -4.17. The van der Waals surface area contributed by atoms with Crippen LogP contribution in [0.3, 0.4) is 0 Å². The number of nitrogens with one attached hydrogen (secondary N) is 1. The number of carbonyl (C=O) groups excluding carboxylic acids is 2. The van der Waals surface area contributed by atoms with E-state index in [1.54, 1.807) is 50.2 Å². The summed E-state index contributed by atoms with van der Waals surface area (Å²) in [5.74, 6) is -1.60. The molecule has 0 saturated carbocycles. The molecule has 3 aromatic carbocycles. The molecule has 3 rings (SSSR count). The van der Waals surface area contributed by atoms with Crippen molar-refractivity contribution < 1.29 is 22.4 Å². The van der Waals surface area contributed by atoms with E-state index in [1.807, 2.05) is 33.8 Å². The van der Waals surface area contributed by atoms with E-state index >= 15 is 0 Å². The second-order valence-electron chi connectivity index (χ2n) is 10.6. The van der Waals surface area contributed by atoms with Crippen LogP contribution < -0.4 is 9.62 Å². The predicted octanol–water partition coefficient (Wildman–Crippen LogP) is 4.97. The molecule has 0 bridgehead atoms. The van der Waals surface area contributed by atoms with Gasteiger partial charge in [0.15, 0.2) is 0 Å². The van der Waals surface area contributed by atoms with Gasteiger partial charge in [-0.2, -0.15) is 0 Å². The van der Waals surface area contributed by atoms with Crippen molar-refractivity contribution in [1.82, 2.24) is 10.2 Å². The van der Waals surface area contributed by atoms with Crippen molar-refractivity contribution in [2.45, 2.75) is 64.6 Å². The number of hydrogen-bond donors (Lipinski definition) is 1. The third-order valence-corrected chi connectivity index (χ3v) is 8.19. The zero-order chi connectivity index (χ0) is 29.0. The number of amides is 2. The molecule has 0 aromatic heterocycles. The highest BCUT2D eigenvalue weighted by Gasteiger charge is 2.34. The lowest BCUT2D eigenvalue weighted by atomic mass is 10.1. The van der Waals surface area contributed by atoms with Crippen molar-refractivity contribution in [2.24, 2.45) is 0 Å². The van der Waals surface area contributed by atoms with E-state index in [-0.39, 0.29) is 17.0 Å². The first-order chi connectivity index (χ1) is 18.2. The zero-order valence-corrected chi connectivity index (χ0v) is 24.0. The molecule has 0 aliphatic rings. The van der Waals surface area contributed by atoms with Gasteiger partial charge in [0, 0.05) is 17.6 Å². The van der Waals surface area contributed by atoms with Crippen LogP contribution in [0.2, 0.25) is 0 Å². The molecule has 2 amide bonds. The third kappa shape index (κ3) is 7.23. The number of anilines is 1. The Hall–Kier alpha value is -3.72. The molecule has 0 saturated heterocycles. The van der Waals surface area contributed by atoms with Gasteiger partial charge in [-0.25, -0.2) is 12.8 Å². The zero-order valence-electron chi connectivity index (χ0n) is 23.2. The van der Waals surface area contributed by atoms with Crippen LogP contribution in [0.5, 0.6) is 0 Å². The number of nitrogens with zero attached hydrogens (tertiary/aromatic N) is 2. The Kier molecular flexibility index (Phi) is 9.17. The van der Waals surface area contributed by atoms with E-state index < -0.39 is 45.8 Å². The molecule has 1 atom stereocenters. The molecule has 0 aliphatic carbocycles. The van der Waals surface area contributed by atoms with Crippen molar-refractivity contribution in [2.75, 3.05) is 10.8 Å². The summed E-state index contributed by atoms with van der Waals surface area (Å²) in [4.78, 5) is 28.3. The van der Waals surface area contributed by atoms with Gasteiger partial charge >= 0.3 is 0 Å². The number of aryl methyl sites for hydroxylation is 1. The SMILES string of the molecule is Cc1cccc(N(CC(=O)N(Cc2ccccc2F)[C@@H](C)C(=O)NC(C)(C)C)S(=O)(=O)c2ccccc2)c1C. The fourth-order valence-electron chi connectivity index (χ4n) is 4.11. The van der Waals surface area contributed by atoms with E-state index in [4.69, 9.17) is 0 Å². The van der Waals surface area contributed by atoms with Gasteiger partial charge < -0.3 is 10.2 Å². The number of hydrogen-bond acceptors (Lipinski definition) is 4. The molecule has 0 heterocycles. The van der Waals surface area contributed by atoms with Crippen LogP contribution in [-0.2, 0) is 26.2 Å². The monoisotopic (exact) mass is 553 g/mol. The van der Waals surface area contributed by atoms with Gasteiger partial charge in [-0.05, 0) is 76.9 Å². The Labute approximate surface area is 230 Å². The van der Waals surface area contributed by atoms with Gasteiger partial charge in [0.05, 0.1) is 10.6 Å². The Balaban J connectivity index is 2.08. The first-order valence-corrected chi connectivity index (χ1v) is 14.2. The second-order valence-corrected chi connectivity index (χ2v) is 12.4. The van der Waals surface area contributed by atoms with E-state index in [0.717, 1.165) is 9.87 Å². The Morgan fingerprint density at radius 3 is 2.15 bits per heavy atom. The van der Waals surface area contributed by atoms with Crippen molar-refractivity contribution in [3.63, 3.8) is 0 Å². The first kappa shape index (κ1) is 29.8. The van der Waals surface area contributed by atoms with E-state index in [1.165, 1.54) is 35.2 Å². The molecule has 9 heteroatoms. The Morgan fingerprint density at radius 2 is 1.54 bits per heavy atom. The minimum Gasteiger partial charge on any atom is -0.350 e. The van der Waals surface area contributed by atoms with Gasteiger partial charge in [-0.1, -0.05) is 48.5 Å². The molecule has 3 aromatic rings. The summed E-state index contributed by atoms with van der Waals surface area (Å²) in [5, 5.41) is 2.85. The van der Waals surface area contributed by atoms with Crippen molar-refractivity contribution in [1.29, 1.82) is 0 Å². The Morgan fingerprint density at radius 1 is 0.923 bits per heavy atom. The number of sulfonamides is 1. The van der Waals surface area contributed by atoms with Crippen molar-refractivity contribution in [3.8, 4) is 0 Å². The average Bonchev–Trinajstić information content (AvgIpc) is 2.87. The normalized spacial score (nSPS) is 12.5. The minimum absolute atomic E-state index is 0.0258. The molecule has 0 spiro atoms. The van der Waals surface area contributed by atoms with Gasteiger partial charge in [0.25, 0.3) is 10.0 Å². The molecular formula is C30H36FN3O4S. The number of benzene rings is 3. The number of halogens is 1. The van der Waals surface area contributed by atoms with Gasteiger partial charge in [0.2, 0.25) is 11.8 Å². The van der Waals surface area contributed by atoms with Crippen molar-refractivity contribution in [3.05, 3.63) is 95.3 Å². The highest BCUT2D eigenvalue weighted by Crippen LogP contribution is 2.29. The largest absolute Gasteiger partial charge is 0.350 e. The first-order valence-electron chi connectivity index (χ1n) is 12.7. The van der Waals surface area contributed by atoms with Gasteiger partial charge in [0.1, 0.15) is 18.4 Å². The maximum absolute atomic E-state index is 14.6. The van der Waals surface area contributed by atoms with E-state index in [0.29, 0.717) is 11.3 Å². The molecular weight excluding hydrogens is 517 g/mol. The smallest absolute Gasteiger partial charge is 0.264 e. The lowest BCUT2D eigenvalue weighted by Crippen LogP contribution is -2.54. The second kappa shape index (κ2) is 12.0. The summed E-state index contributed by atoms with van der Waals surface area (Å²) in [5.41, 5.74) is 1.55. The number of rotatable bonds is 9. The third-order valence-electron chi connectivity index (χ3n) is 6.42. The topological polar surface area (TPSA) is 86.8 Å². The van der Waals surface area contributed by atoms with Gasteiger partial charge in [-0.3, -0.25) is 13.9 Å². The maximum atomic E-state index is 14.6. The summed E-state index contributed by atoms with van der Waals surface area (Å²) in [6.07, 6.45) is 0. The molecule has 208 valence electrons. The lowest BCUT2D eigenvalue weighted by Gasteiger charge is -2.34. The van der Waals surface area contributed by atoms with Crippen LogP contribution in [0.15, 0.2) is 77.7 Å². The molecule has 0 fully saturated rings. The molecule has 0 radical (unpaired) electrons. The predicted molar refractivity (Wildman–Crippen MR) is 151 cm³/mol. The summed E-state index contributed by atoms with van der Waals surface area (Å²) >= 11 is 0. The molecule has 0 aliphatic heterocycles. The number of carbonyl (C=O) groups is 2. The Bertz CT molecular complexity index is 1440. The maximum Gasteiger partial charge on any atom is 0.264 e. The molecule has 39 heavy (non-hydrogen) atoms. The summed E-state index contributed by atoms with van der Waals surface area (Å²) < 4.78 is 43.5. The van der Waals surface area contributed by atoms with Crippen LogP contribution in [0.1, 0.15) is 44.4 Å². The standard InChI is InChI=1S/C30H36FN3O4S/c1-21-13-12-18-27(22(21)2)34(39(37,38)25-15-8-7-9-16-25)20-28(35)33(19-24-14-10-11-17-26(24)31)23(3)29(36)32-30(4,5)6/h7-18,23H,19-20H2,1-6H3,(H,32,36)/t23-/m0/s1. The molecule has 7 nitrogen and oxygen atoms in total. The average molecular weight is 554 g/mol. The fourth-order valence-corrected chi connectivity index (χ4v) is 5.60. The van der Waals surface area contributed by atoms with Crippen molar-refractivity contribution >= 4 is 27.5 Å². The lowest BCUT2D eigenvalue weighted by molar-refractivity contribution is -0.140. The molecule has 1 N–H and O–H groups in total. The highest BCUT2D eigenvalue weighted by molar-refractivity contribution is 7.92. The quantitative estimate of drug-likeness (QED) is 0.405. The van der Waals surface area contributed by atoms with E-state index in [9.17, 15) is 22.4 Å². The van der Waals surface area contributed by atoms with Crippen LogP contribution in [-0.4, -0.2) is 43.3 Å². The molecule has 0 unspecified atom stereocenters. The van der Waals surface area contributed by atoms with Crippen LogP contribution in [0, 0.1) is 19.7 Å². The van der Waals surface area contributed by atoms with Crippen LogP contribution >= 0.6 is 0 Å². The minimum atomic E-state index is -4.17.